The number of Topliss-reactive ketones (excluding diaryl/α,β-unsaturated/α-hetero) is 1. The summed E-state index contributed by atoms with van der Waals surface area (Å²) in [6, 6.07) is 0. The molecule has 1 fully saturated rings. The SMILES string of the molecule is CC(=O)CC(=O)N1CCCC(F)(F)C1. The van der Waals surface area contributed by atoms with Gasteiger partial charge < -0.3 is 4.90 Å². The molecule has 1 saturated heterocycles. The van der Waals surface area contributed by atoms with Crippen molar-refractivity contribution >= 4 is 11.7 Å². The average Bonchev–Trinajstić information content (AvgIpc) is 2.01. The van der Waals surface area contributed by atoms with Crippen molar-refractivity contribution in [2.24, 2.45) is 0 Å². The molecular formula is C9H13F2NO2. The lowest BCUT2D eigenvalue weighted by molar-refractivity contribution is -0.143. The molecule has 0 bridgehead atoms. The second kappa shape index (κ2) is 4.02. The maximum Gasteiger partial charge on any atom is 0.265 e. The van der Waals surface area contributed by atoms with Gasteiger partial charge in [0.1, 0.15) is 5.78 Å². The van der Waals surface area contributed by atoms with Gasteiger partial charge in [-0.25, -0.2) is 8.78 Å². The highest BCUT2D eigenvalue weighted by atomic mass is 19.3. The Balaban J connectivity index is 2.52. The van der Waals surface area contributed by atoms with Crippen LogP contribution in [0.1, 0.15) is 26.2 Å². The molecule has 1 rings (SSSR count). The van der Waals surface area contributed by atoms with Crippen LogP contribution >= 0.6 is 0 Å². The topological polar surface area (TPSA) is 37.4 Å². The highest BCUT2D eigenvalue weighted by molar-refractivity contribution is 5.96. The maximum atomic E-state index is 12.9. The van der Waals surface area contributed by atoms with Crippen molar-refractivity contribution in [3.8, 4) is 0 Å². The third-order valence-electron chi connectivity index (χ3n) is 2.15. The van der Waals surface area contributed by atoms with E-state index < -0.39 is 18.4 Å². The van der Waals surface area contributed by atoms with E-state index in [4.69, 9.17) is 0 Å². The molecule has 5 heteroatoms. The number of likely N-dealkylation sites (tertiary alicyclic amines) is 1. The summed E-state index contributed by atoms with van der Waals surface area (Å²) in [7, 11) is 0. The fraction of sp³-hybridized carbons (Fsp3) is 0.778. The van der Waals surface area contributed by atoms with Gasteiger partial charge in [-0.1, -0.05) is 0 Å². The number of hydrogen-bond donors (Lipinski definition) is 0. The maximum absolute atomic E-state index is 12.9. The van der Waals surface area contributed by atoms with Crippen molar-refractivity contribution in [1.82, 2.24) is 4.90 Å². The number of rotatable bonds is 2. The van der Waals surface area contributed by atoms with E-state index in [0.717, 1.165) is 4.90 Å². The largest absolute Gasteiger partial charge is 0.336 e. The summed E-state index contributed by atoms with van der Waals surface area (Å²) in [5.74, 6) is -3.56. The van der Waals surface area contributed by atoms with Crippen LogP contribution in [0.5, 0.6) is 0 Å². The number of alkyl halides is 2. The first-order valence-electron chi connectivity index (χ1n) is 4.56. The smallest absolute Gasteiger partial charge is 0.265 e. The summed E-state index contributed by atoms with van der Waals surface area (Å²) in [4.78, 5) is 23.0. The van der Waals surface area contributed by atoms with Gasteiger partial charge >= 0.3 is 0 Å². The molecule has 14 heavy (non-hydrogen) atoms. The number of amides is 1. The van der Waals surface area contributed by atoms with E-state index in [1.807, 2.05) is 0 Å². The van der Waals surface area contributed by atoms with E-state index in [0.29, 0.717) is 13.0 Å². The minimum absolute atomic E-state index is 0.170. The van der Waals surface area contributed by atoms with Crippen LogP contribution in [-0.2, 0) is 9.59 Å². The second-order valence-electron chi connectivity index (χ2n) is 3.65. The van der Waals surface area contributed by atoms with Crippen molar-refractivity contribution in [3.63, 3.8) is 0 Å². The number of ketones is 1. The van der Waals surface area contributed by atoms with Crippen LogP contribution in [0.2, 0.25) is 0 Å². The third-order valence-corrected chi connectivity index (χ3v) is 2.15. The zero-order valence-electron chi connectivity index (χ0n) is 8.06. The van der Waals surface area contributed by atoms with Crippen LogP contribution in [0, 0.1) is 0 Å². The van der Waals surface area contributed by atoms with Gasteiger partial charge in [0.25, 0.3) is 5.92 Å². The predicted octanol–water partition coefficient (Wildman–Crippen LogP) is 1.22. The summed E-state index contributed by atoms with van der Waals surface area (Å²) in [6.45, 7) is 1.07. The Bertz CT molecular complexity index is 253. The van der Waals surface area contributed by atoms with Crippen LogP contribution in [0.3, 0.4) is 0 Å². The molecule has 1 heterocycles. The summed E-state index contributed by atoms with van der Waals surface area (Å²) in [6.07, 6.45) is -0.135. The van der Waals surface area contributed by atoms with E-state index in [-0.39, 0.29) is 18.6 Å². The van der Waals surface area contributed by atoms with Gasteiger partial charge in [0.15, 0.2) is 0 Å². The van der Waals surface area contributed by atoms with E-state index in [1.54, 1.807) is 0 Å². The molecule has 3 nitrogen and oxygen atoms in total. The molecule has 0 N–H and O–H groups in total. The van der Waals surface area contributed by atoms with Gasteiger partial charge in [-0.2, -0.15) is 0 Å². The van der Waals surface area contributed by atoms with E-state index in [9.17, 15) is 18.4 Å². The molecule has 0 aromatic carbocycles. The zero-order valence-corrected chi connectivity index (χ0v) is 8.06. The molecule has 0 atom stereocenters. The Hall–Kier alpha value is -1.00. The highest BCUT2D eigenvalue weighted by Crippen LogP contribution is 2.26. The summed E-state index contributed by atoms with van der Waals surface area (Å²) < 4.78 is 25.7. The molecule has 1 aliphatic rings. The van der Waals surface area contributed by atoms with E-state index >= 15 is 0 Å². The minimum Gasteiger partial charge on any atom is -0.336 e. The van der Waals surface area contributed by atoms with Crippen LogP contribution in [0.15, 0.2) is 0 Å². The molecule has 0 aliphatic carbocycles. The number of piperidine rings is 1. The predicted molar refractivity (Wildman–Crippen MR) is 46.1 cm³/mol. The Morgan fingerprint density at radius 1 is 1.43 bits per heavy atom. The molecule has 0 aromatic heterocycles. The van der Waals surface area contributed by atoms with Crippen molar-refractivity contribution in [3.05, 3.63) is 0 Å². The molecule has 0 unspecified atom stereocenters. The molecule has 0 saturated carbocycles. The Labute approximate surface area is 81.1 Å². The Morgan fingerprint density at radius 3 is 2.57 bits per heavy atom. The minimum atomic E-state index is -2.79. The van der Waals surface area contributed by atoms with Gasteiger partial charge in [0, 0.05) is 13.0 Å². The molecule has 0 aromatic rings. The van der Waals surface area contributed by atoms with Crippen LogP contribution in [0.25, 0.3) is 0 Å². The summed E-state index contributed by atoms with van der Waals surface area (Å²) >= 11 is 0. The molecule has 1 aliphatic heterocycles. The summed E-state index contributed by atoms with van der Waals surface area (Å²) in [5.41, 5.74) is 0. The standard InChI is InChI=1S/C9H13F2NO2/c1-7(13)5-8(14)12-4-2-3-9(10,11)6-12/h2-6H2,1H3. The number of hydrogen-bond acceptors (Lipinski definition) is 2. The first-order valence-corrected chi connectivity index (χ1v) is 4.56. The monoisotopic (exact) mass is 205 g/mol. The van der Waals surface area contributed by atoms with Crippen molar-refractivity contribution < 1.29 is 18.4 Å². The molecule has 80 valence electrons. The van der Waals surface area contributed by atoms with E-state index in [2.05, 4.69) is 0 Å². The van der Waals surface area contributed by atoms with E-state index in [1.165, 1.54) is 6.92 Å². The fourth-order valence-corrected chi connectivity index (χ4v) is 1.50. The second-order valence-corrected chi connectivity index (χ2v) is 3.65. The lowest BCUT2D eigenvalue weighted by Gasteiger charge is -2.32. The van der Waals surface area contributed by atoms with Gasteiger partial charge in [-0.3, -0.25) is 9.59 Å². The molecule has 0 spiro atoms. The van der Waals surface area contributed by atoms with Gasteiger partial charge in [0.05, 0.1) is 13.0 Å². The third kappa shape index (κ3) is 3.05. The molecule has 1 amide bonds. The average molecular weight is 205 g/mol. The summed E-state index contributed by atoms with van der Waals surface area (Å²) in [5, 5.41) is 0. The van der Waals surface area contributed by atoms with Crippen molar-refractivity contribution in [2.45, 2.75) is 32.1 Å². The first-order chi connectivity index (χ1) is 6.41. The number of carbonyl (C=O) groups is 2. The van der Waals surface area contributed by atoms with Crippen molar-refractivity contribution in [2.75, 3.05) is 13.1 Å². The number of halogens is 2. The van der Waals surface area contributed by atoms with Crippen LogP contribution < -0.4 is 0 Å². The van der Waals surface area contributed by atoms with Gasteiger partial charge in [-0.05, 0) is 13.3 Å². The number of carbonyl (C=O) groups excluding carboxylic acids is 2. The first kappa shape index (κ1) is 11.1. The lowest BCUT2D eigenvalue weighted by Crippen LogP contribution is -2.46. The highest BCUT2D eigenvalue weighted by Gasteiger charge is 2.36. The quantitative estimate of drug-likeness (QED) is 0.636. The van der Waals surface area contributed by atoms with Crippen LogP contribution in [0.4, 0.5) is 8.78 Å². The molecular weight excluding hydrogens is 192 g/mol. The normalized spacial score (nSPS) is 20.6. The van der Waals surface area contributed by atoms with Gasteiger partial charge in [-0.15, -0.1) is 0 Å². The fourth-order valence-electron chi connectivity index (χ4n) is 1.50. The Morgan fingerprint density at radius 2 is 2.07 bits per heavy atom. The Kier molecular flexibility index (Phi) is 3.18. The van der Waals surface area contributed by atoms with Gasteiger partial charge in [0.2, 0.25) is 5.91 Å². The lowest BCUT2D eigenvalue weighted by atomic mass is 10.1. The van der Waals surface area contributed by atoms with Crippen LogP contribution in [-0.4, -0.2) is 35.6 Å². The number of nitrogens with zero attached hydrogens (tertiary/aromatic N) is 1. The zero-order chi connectivity index (χ0) is 10.8. The molecule has 0 radical (unpaired) electrons. The van der Waals surface area contributed by atoms with Crippen molar-refractivity contribution in [1.29, 1.82) is 0 Å².